The van der Waals surface area contributed by atoms with Gasteiger partial charge in [0, 0.05) is 18.9 Å². The molecule has 0 saturated heterocycles. The van der Waals surface area contributed by atoms with Gasteiger partial charge in [0.15, 0.2) is 5.65 Å². The Bertz CT molecular complexity index is 1270. The highest BCUT2D eigenvalue weighted by Crippen LogP contribution is 2.44. The maximum absolute atomic E-state index is 12.2. The number of carbonyl (C=O) groups excluding carboxylic acids is 1. The number of hydrogen-bond acceptors (Lipinski definition) is 5. The van der Waals surface area contributed by atoms with Crippen molar-refractivity contribution in [3.05, 3.63) is 78.0 Å². The molecule has 31 heavy (non-hydrogen) atoms. The minimum absolute atomic E-state index is 0.0486. The third-order valence-electron chi connectivity index (χ3n) is 5.29. The number of aromatic amines is 1. The second-order valence-corrected chi connectivity index (χ2v) is 7.13. The first-order chi connectivity index (χ1) is 15.3. The van der Waals surface area contributed by atoms with Crippen molar-refractivity contribution in [1.82, 2.24) is 25.3 Å². The van der Waals surface area contributed by atoms with Gasteiger partial charge in [0.2, 0.25) is 0 Å². The van der Waals surface area contributed by atoms with E-state index in [2.05, 4.69) is 61.4 Å². The number of amides is 1. The number of ether oxygens (including phenoxy) is 1. The van der Waals surface area contributed by atoms with Gasteiger partial charge in [-0.15, -0.1) is 0 Å². The van der Waals surface area contributed by atoms with E-state index in [9.17, 15) is 4.79 Å². The molecule has 2 heterocycles. The Morgan fingerprint density at radius 2 is 1.77 bits per heavy atom. The Balaban J connectivity index is 1.15. The van der Waals surface area contributed by atoms with Crippen LogP contribution in [-0.2, 0) is 4.74 Å². The van der Waals surface area contributed by atoms with Crippen LogP contribution < -0.4 is 5.32 Å². The molecule has 0 unspecified atom stereocenters. The summed E-state index contributed by atoms with van der Waals surface area (Å²) in [5.74, 6) is 6.03. The fourth-order valence-corrected chi connectivity index (χ4v) is 3.88. The van der Waals surface area contributed by atoms with Gasteiger partial charge in [-0.1, -0.05) is 54.5 Å². The molecular weight excluding hydrogens is 390 g/mol. The van der Waals surface area contributed by atoms with Gasteiger partial charge in [-0.05, 0) is 28.2 Å². The van der Waals surface area contributed by atoms with Crippen LogP contribution in [0.3, 0.4) is 0 Å². The van der Waals surface area contributed by atoms with Crippen LogP contribution in [0.4, 0.5) is 4.79 Å². The summed E-state index contributed by atoms with van der Waals surface area (Å²) in [5.41, 5.74) is 6.67. The van der Waals surface area contributed by atoms with E-state index in [-0.39, 0.29) is 5.92 Å². The zero-order valence-corrected chi connectivity index (χ0v) is 16.6. The number of aromatic nitrogens is 4. The topological polar surface area (TPSA) is 92.8 Å². The van der Waals surface area contributed by atoms with Crippen LogP contribution >= 0.6 is 0 Å². The average molecular weight is 409 g/mol. The zero-order chi connectivity index (χ0) is 21.0. The largest absolute Gasteiger partial charge is 0.449 e. The molecule has 1 amide bonds. The van der Waals surface area contributed by atoms with Crippen molar-refractivity contribution in [1.29, 1.82) is 0 Å². The number of alkyl carbamates (subject to hydrolysis) is 1. The predicted octanol–water partition coefficient (Wildman–Crippen LogP) is 3.63. The van der Waals surface area contributed by atoms with Crippen molar-refractivity contribution in [3.8, 4) is 23.0 Å². The van der Waals surface area contributed by atoms with Crippen molar-refractivity contribution in [2.75, 3.05) is 13.2 Å². The summed E-state index contributed by atoms with van der Waals surface area (Å²) in [6.07, 6.45) is 3.02. The van der Waals surface area contributed by atoms with Crippen LogP contribution in [0.1, 0.15) is 29.2 Å². The number of rotatable bonds is 4. The van der Waals surface area contributed by atoms with Gasteiger partial charge in [-0.3, -0.25) is 0 Å². The zero-order valence-electron chi connectivity index (χ0n) is 16.6. The van der Waals surface area contributed by atoms with Crippen molar-refractivity contribution in [2.24, 2.45) is 0 Å². The van der Waals surface area contributed by atoms with Gasteiger partial charge in [0.05, 0.1) is 6.33 Å². The highest BCUT2D eigenvalue weighted by Gasteiger charge is 2.28. The van der Waals surface area contributed by atoms with Gasteiger partial charge < -0.3 is 15.0 Å². The van der Waals surface area contributed by atoms with Gasteiger partial charge in [0.1, 0.15) is 24.1 Å². The highest BCUT2D eigenvalue weighted by atomic mass is 16.5. The van der Waals surface area contributed by atoms with Gasteiger partial charge in [-0.25, -0.2) is 19.7 Å². The summed E-state index contributed by atoms with van der Waals surface area (Å²) in [7, 11) is 0. The highest BCUT2D eigenvalue weighted by molar-refractivity contribution is 5.79. The molecule has 0 fully saturated rings. The monoisotopic (exact) mass is 409 g/mol. The van der Waals surface area contributed by atoms with Gasteiger partial charge in [-0.2, -0.15) is 0 Å². The molecule has 0 spiro atoms. The number of carbonyl (C=O) groups is 1. The molecule has 1 aliphatic carbocycles. The molecule has 2 N–H and O–H groups in total. The molecule has 5 rings (SSSR count). The molecule has 0 saturated carbocycles. The molecule has 4 aromatic rings. The van der Waals surface area contributed by atoms with Crippen LogP contribution in [-0.4, -0.2) is 39.2 Å². The second kappa shape index (κ2) is 8.28. The SMILES string of the molecule is O=C(NCCC#Cc1ncnc2nc[nH]c12)OCC1c2ccccc2-c2ccccc21. The minimum atomic E-state index is -0.443. The first kappa shape index (κ1) is 18.8. The third-order valence-corrected chi connectivity index (χ3v) is 5.29. The Kier molecular flexibility index (Phi) is 5.03. The standard InChI is InChI=1S/C24H19N5O2/c30-24(25-12-6-5-11-21-22-23(28-14-26-21)29-15-27-22)31-13-20-18-9-3-1-7-16(18)17-8-2-4-10-19(17)20/h1-4,7-10,14-15,20H,6,12-13H2,(H,25,30)(H,26,27,28,29). The summed E-state index contributed by atoms with van der Waals surface area (Å²) < 4.78 is 5.52. The normalized spacial score (nSPS) is 12.0. The molecule has 2 aromatic carbocycles. The summed E-state index contributed by atoms with van der Waals surface area (Å²) in [6, 6.07) is 16.5. The number of hydrogen-bond donors (Lipinski definition) is 2. The van der Waals surface area contributed by atoms with Crippen LogP contribution in [0.25, 0.3) is 22.3 Å². The fraction of sp³-hybridized carbons (Fsp3) is 0.167. The van der Waals surface area contributed by atoms with Crippen LogP contribution in [0.2, 0.25) is 0 Å². The van der Waals surface area contributed by atoms with Gasteiger partial charge in [0.25, 0.3) is 0 Å². The molecule has 0 atom stereocenters. The lowest BCUT2D eigenvalue weighted by Gasteiger charge is -2.14. The summed E-state index contributed by atoms with van der Waals surface area (Å²) >= 11 is 0. The van der Waals surface area contributed by atoms with Crippen LogP contribution in [0.5, 0.6) is 0 Å². The maximum Gasteiger partial charge on any atom is 0.407 e. The van der Waals surface area contributed by atoms with E-state index < -0.39 is 6.09 Å². The Hall–Kier alpha value is -4.18. The molecule has 0 radical (unpaired) electrons. The van der Waals surface area contributed by atoms with E-state index in [0.29, 0.717) is 36.4 Å². The summed E-state index contributed by atoms with van der Waals surface area (Å²) in [6.45, 7) is 0.686. The summed E-state index contributed by atoms with van der Waals surface area (Å²) in [4.78, 5) is 27.4. The third kappa shape index (κ3) is 3.71. The molecule has 7 nitrogen and oxygen atoms in total. The minimum Gasteiger partial charge on any atom is -0.449 e. The van der Waals surface area contributed by atoms with E-state index in [0.717, 1.165) is 0 Å². The van der Waals surface area contributed by atoms with E-state index in [1.807, 2.05) is 24.3 Å². The lowest BCUT2D eigenvalue weighted by Crippen LogP contribution is -2.26. The van der Waals surface area contributed by atoms with Crippen molar-refractivity contribution in [3.63, 3.8) is 0 Å². The predicted molar refractivity (Wildman–Crippen MR) is 116 cm³/mol. The van der Waals surface area contributed by atoms with Crippen molar-refractivity contribution >= 4 is 17.3 Å². The molecule has 152 valence electrons. The van der Waals surface area contributed by atoms with Crippen molar-refractivity contribution in [2.45, 2.75) is 12.3 Å². The molecular formula is C24H19N5O2. The van der Waals surface area contributed by atoms with Crippen LogP contribution in [0, 0.1) is 11.8 Å². The number of fused-ring (bicyclic) bond motifs is 4. The number of nitrogens with zero attached hydrogens (tertiary/aromatic N) is 3. The molecule has 1 aliphatic rings. The summed E-state index contributed by atoms with van der Waals surface area (Å²) in [5, 5.41) is 2.76. The Morgan fingerprint density at radius 3 is 2.55 bits per heavy atom. The van der Waals surface area contributed by atoms with E-state index in [1.165, 1.54) is 28.6 Å². The van der Waals surface area contributed by atoms with E-state index in [1.54, 1.807) is 6.33 Å². The van der Waals surface area contributed by atoms with Crippen LogP contribution in [0.15, 0.2) is 61.2 Å². The lowest BCUT2D eigenvalue weighted by atomic mass is 9.98. The quantitative estimate of drug-likeness (QED) is 0.397. The average Bonchev–Trinajstić information content (AvgIpc) is 3.41. The second-order valence-electron chi connectivity index (χ2n) is 7.13. The smallest absolute Gasteiger partial charge is 0.407 e. The molecule has 0 bridgehead atoms. The number of imidazole rings is 1. The first-order valence-corrected chi connectivity index (χ1v) is 10.0. The molecule has 7 heteroatoms. The van der Waals surface area contributed by atoms with E-state index >= 15 is 0 Å². The fourth-order valence-electron chi connectivity index (χ4n) is 3.88. The Labute approximate surface area is 178 Å². The number of nitrogens with one attached hydrogen (secondary N) is 2. The number of benzene rings is 2. The lowest BCUT2D eigenvalue weighted by molar-refractivity contribution is 0.143. The Morgan fingerprint density at radius 1 is 1.03 bits per heavy atom. The number of H-pyrrole nitrogens is 1. The van der Waals surface area contributed by atoms with E-state index in [4.69, 9.17) is 4.74 Å². The first-order valence-electron chi connectivity index (χ1n) is 10.0. The maximum atomic E-state index is 12.2. The molecule has 2 aromatic heterocycles. The van der Waals surface area contributed by atoms with Gasteiger partial charge >= 0.3 is 6.09 Å². The van der Waals surface area contributed by atoms with Crippen molar-refractivity contribution < 1.29 is 9.53 Å². The molecule has 0 aliphatic heterocycles.